The van der Waals surface area contributed by atoms with E-state index in [1.54, 1.807) is 6.07 Å². The van der Waals surface area contributed by atoms with Gasteiger partial charge in [0, 0.05) is 0 Å². The molecule has 0 unspecified atom stereocenters. The molecule has 1 nitrogen and oxygen atoms in total. The lowest BCUT2D eigenvalue weighted by atomic mass is 10.0. The van der Waals surface area contributed by atoms with Crippen LogP contribution in [-0.4, -0.2) is 0 Å². The first-order chi connectivity index (χ1) is 8.11. The number of hydrogen-bond acceptors (Lipinski definition) is 1. The first kappa shape index (κ1) is 11.2. The van der Waals surface area contributed by atoms with E-state index in [9.17, 15) is 13.2 Å². The Labute approximate surface area is 95.7 Å². The molecule has 4 heteroatoms. The van der Waals surface area contributed by atoms with E-state index in [0.29, 0.717) is 0 Å². The molecule has 17 heavy (non-hydrogen) atoms. The molecule has 0 fully saturated rings. The second kappa shape index (κ2) is 4.30. The Morgan fingerprint density at radius 3 is 2.24 bits per heavy atom. The number of benzene rings is 2. The van der Waals surface area contributed by atoms with Crippen molar-refractivity contribution in [2.24, 2.45) is 0 Å². The van der Waals surface area contributed by atoms with Gasteiger partial charge in [0.15, 0.2) is 0 Å². The van der Waals surface area contributed by atoms with E-state index in [-0.39, 0.29) is 16.7 Å². The van der Waals surface area contributed by atoms with Crippen LogP contribution in [0.1, 0.15) is 5.56 Å². The summed E-state index contributed by atoms with van der Waals surface area (Å²) in [6, 6.07) is 9.32. The van der Waals surface area contributed by atoms with Crippen molar-refractivity contribution in [1.82, 2.24) is 0 Å². The molecule has 0 aromatic heterocycles. The Bertz CT molecular complexity index is 591. The minimum atomic E-state index is -0.914. The summed E-state index contributed by atoms with van der Waals surface area (Å²) < 4.78 is 40.1. The Balaban J connectivity index is 2.65. The van der Waals surface area contributed by atoms with Gasteiger partial charge in [-0.15, -0.1) is 0 Å². The quantitative estimate of drug-likeness (QED) is 0.738. The molecule has 2 aromatic carbocycles. The molecule has 0 spiro atoms. The Morgan fingerprint density at radius 2 is 1.71 bits per heavy atom. The number of hydrogen-bond donors (Lipinski definition) is 0. The minimum absolute atomic E-state index is 0.0236. The predicted octanol–water partition coefficient (Wildman–Crippen LogP) is 3.44. The van der Waals surface area contributed by atoms with Crippen molar-refractivity contribution in [3.05, 3.63) is 59.4 Å². The van der Waals surface area contributed by atoms with E-state index in [0.717, 1.165) is 24.3 Å². The summed E-state index contributed by atoms with van der Waals surface area (Å²) in [5.74, 6) is -2.44. The smallest absolute Gasteiger partial charge is 0.135 e. The average molecular weight is 232 g/mol. The van der Waals surface area contributed by atoms with Gasteiger partial charge in [0.1, 0.15) is 17.5 Å². The summed E-state index contributed by atoms with van der Waals surface area (Å²) in [5.41, 5.74) is -0.534. The normalized spacial score (nSPS) is 10.0. The van der Waals surface area contributed by atoms with Crippen LogP contribution in [0.2, 0.25) is 0 Å². The van der Waals surface area contributed by atoms with Gasteiger partial charge >= 0.3 is 0 Å². The van der Waals surface area contributed by atoms with Crippen molar-refractivity contribution >= 4 is 0 Å². The lowest BCUT2D eigenvalue weighted by Crippen LogP contribution is -1.93. The van der Waals surface area contributed by atoms with Gasteiger partial charge < -0.3 is 0 Å². The summed E-state index contributed by atoms with van der Waals surface area (Å²) in [7, 11) is 0. The van der Waals surface area contributed by atoms with E-state index < -0.39 is 17.5 Å². The van der Waals surface area contributed by atoms with Crippen molar-refractivity contribution < 1.29 is 13.2 Å². The van der Waals surface area contributed by atoms with Crippen LogP contribution in [0.3, 0.4) is 0 Å². The van der Waals surface area contributed by atoms with Gasteiger partial charge in [-0.2, -0.15) is 5.26 Å². The molecule has 2 rings (SSSR count). The van der Waals surface area contributed by atoms with E-state index in [1.807, 2.05) is 0 Å². The number of nitrogens with zero attached hydrogens (tertiary/aromatic N) is 1. The van der Waals surface area contributed by atoms with Crippen LogP contribution in [0.4, 0.5) is 13.2 Å². The fraction of sp³-hybridized carbons (Fsp3) is 0. The van der Waals surface area contributed by atoms with Gasteiger partial charge in [-0.05, 0) is 35.9 Å². The lowest BCUT2D eigenvalue weighted by molar-refractivity contribution is 0.588. The average Bonchev–Trinajstić information content (AvgIpc) is 2.28. The van der Waals surface area contributed by atoms with Crippen molar-refractivity contribution in [2.75, 3.05) is 0 Å². The molecule has 0 aliphatic heterocycles. The maximum atomic E-state index is 13.6. The van der Waals surface area contributed by atoms with Crippen LogP contribution >= 0.6 is 0 Å². The molecular weight excluding hydrogens is 227 g/mol. The molecule has 83 valence electrons. The summed E-state index contributed by atoms with van der Waals surface area (Å²) in [6.07, 6.45) is 0. The molecule has 0 N–H and O–H groups in total. The Morgan fingerprint density at radius 1 is 1.06 bits per heavy atom. The third kappa shape index (κ3) is 2.13. The molecule has 0 atom stereocenters. The third-order valence-electron chi connectivity index (χ3n) is 2.20. The minimum Gasteiger partial charge on any atom is -0.207 e. The molecule has 0 amide bonds. The summed E-state index contributed by atoms with van der Waals surface area (Å²) in [6.45, 7) is 0. The first-order valence-electron chi connectivity index (χ1n) is 4.68. The Hall–Kier alpha value is -2.28. The molecule has 0 aliphatic rings. The fourth-order valence-corrected chi connectivity index (χ4v) is 1.48. The van der Waals surface area contributed by atoms with E-state index in [1.165, 1.54) is 6.07 Å². The number of rotatable bonds is 1. The van der Waals surface area contributed by atoms with Gasteiger partial charge in [0.25, 0.3) is 0 Å². The van der Waals surface area contributed by atoms with E-state index >= 15 is 0 Å². The SMILES string of the molecule is N#Cc1cc(F)c(-c2[c]ccc(F)c2)c(F)c1. The summed E-state index contributed by atoms with van der Waals surface area (Å²) in [5, 5.41) is 8.54. The van der Waals surface area contributed by atoms with Crippen LogP contribution in [0.25, 0.3) is 11.1 Å². The van der Waals surface area contributed by atoms with Crippen LogP contribution in [-0.2, 0) is 0 Å². The van der Waals surface area contributed by atoms with E-state index in [2.05, 4.69) is 6.07 Å². The highest BCUT2D eigenvalue weighted by molar-refractivity contribution is 5.65. The maximum Gasteiger partial charge on any atom is 0.135 e. The number of nitriles is 1. The van der Waals surface area contributed by atoms with Crippen LogP contribution in [0.5, 0.6) is 0 Å². The van der Waals surface area contributed by atoms with Crippen LogP contribution in [0.15, 0.2) is 30.3 Å². The van der Waals surface area contributed by atoms with Gasteiger partial charge in [-0.25, -0.2) is 13.2 Å². The molecule has 0 heterocycles. The zero-order chi connectivity index (χ0) is 12.4. The molecule has 2 aromatic rings. The molecular formula is C13H5F3N. The summed E-state index contributed by atoms with van der Waals surface area (Å²) in [4.78, 5) is 0. The van der Waals surface area contributed by atoms with Gasteiger partial charge in [-0.1, -0.05) is 6.07 Å². The van der Waals surface area contributed by atoms with Gasteiger partial charge in [-0.3, -0.25) is 0 Å². The van der Waals surface area contributed by atoms with Crippen molar-refractivity contribution in [3.8, 4) is 17.2 Å². The van der Waals surface area contributed by atoms with Crippen molar-refractivity contribution in [2.45, 2.75) is 0 Å². The molecule has 1 radical (unpaired) electrons. The molecule has 0 saturated heterocycles. The molecule has 0 aliphatic carbocycles. The summed E-state index contributed by atoms with van der Waals surface area (Å²) >= 11 is 0. The zero-order valence-electron chi connectivity index (χ0n) is 8.47. The van der Waals surface area contributed by atoms with Crippen LogP contribution in [0, 0.1) is 34.8 Å². The third-order valence-corrected chi connectivity index (χ3v) is 2.20. The Kier molecular flexibility index (Phi) is 2.84. The van der Waals surface area contributed by atoms with Crippen molar-refractivity contribution in [3.63, 3.8) is 0 Å². The topological polar surface area (TPSA) is 23.8 Å². The van der Waals surface area contributed by atoms with Crippen LogP contribution < -0.4 is 0 Å². The maximum absolute atomic E-state index is 13.6. The molecule has 0 bridgehead atoms. The fourth-order valence-electron chi connectivity index (χ4n) is 1.48. The monoisotopic (exact) mass is 232 g/mol. The lowest BCUT2D eigenvalue weighted by Gasteiger charge is -2.05. The highest BCUT2D eigenvalue weighted by atomic mass is 19.1. The number of halogens is 3. The second-order valence-corrected chi connectivity index (χ2v) is 3.35. The van der Waals surface area contributed by atoms with E-state index in [4.69, 9.17) is 5.26 Å². The highest BCUT2D eigenvalue weighted by Crippen LogP contribution is 2.27. The highest BCUT2D eigenvalue weighted by Gasteiger charge is 2.13. The molecule has 0 saturated carbocycles. The largest absolute Gasteiger partial charge is 0.207 e. The zero-order valence-corrected chi connectivity index (χ0v) is 8.47. The predicted molar refractivity (Wildman–Crippen MR) is 55.3 cm³/mol. The van der Waals surface area contributed by atoms with Gasteiger partial charge in [0.05, 0.1) is 17.2 Å². The standard InChI is InChI=1S/C13H5F3N/c14-10-3-1-2-9(6-10)13-11(15)4-8(7-17)5-12(13)16/h1,3-6H. The first-order valence-corrected chi connectivity index (χ1v) is 4.68. The van der Waals surface area contributed by atoms with Gasteiger partial charge in [0.2, 0.25) is 0 Å². The second-order valence-electron chi connectivity index (χ2n) is 3.35. The van der Waals surface area contributed by atoms with Crippen molar-refractivity contribution in [1.29, 1.82) is 5.26 Å².